The number of nitrogens with zero attached hydrogens (tertiary/aromatic N) is 1. The van der Waals surface area contributed by atoms with Gasteiger partial charge < -0.3 is 15.4 Å². The molecule has 0 radical (unpaired) electrons. The van der Waals surface area contributed by atoms with Crippen LogP contribution in [-0.4, -0.2) is 42.6 Å². The molecule has 1 amide bonds. The zero-order chi connectivity index (χ0) is 10.7. The van der Waals surface area contributed by atoms with Gasteiger partial charge in [-0.2, -0.15) is 0 Å². The minimum absolute atomic E-state index is 0.0179. The van der Waals surface area contributed by atoms with Crippen molar-refractivity contribution in [3.8, 4) is 0 Å². The summed E-state index contributed by atoms with van der Waals surface area (Å²) in [6.45, 7) is 4.35. The van der Waals surface area contributed by atoms with E-state index in [9.17, 15) is 4.79 Å². The van der Waals surface area contributed by atoms with Gasteiger partial charge in [0.25, 0.3) is 0 Å². The highest BCUT2D eigenvalue weighted by molar-refractivity contribution is 5.82. The smallest absolute Gasteiger partial charge is 0.242 e. The van der Waals surface area contributed by atoms with Crippen molar-refractivity contribution in [2.45, 2.75) is 44.8 Å². The van der Waals surface area contributed by atoms with Crippen LogP contribution in [0.15, 0.2) is 0 Å². The van der Waals surface area contributed by atoms with E-state index in [4.69, 9.17) is 10.5 Å². The second kappa shape index (κ2) is 4.75. The van der Waals surface area contributed by atoms with Gasteiger partial charge in [0.1, 0.15) is 6.04 Å². The lowest BCUT2D eigenvalue weighted by atomic mass is 10.2. The van der Waals surface area contributed by atoms with Gasteiger partial charge in [-0.1, -0.05) is 0 Å². The van der Waals surface area contributed by atoms with Gasteiger partial charge in [0.15, 0.2) is 0 Å². The van der Waals surface area contributed by atoms with Gasteiger partial charge in [-0.25, -0.2) is 0 Å². The van der Waals surface area contributed by atoms with Crippen LogP contribution < -0.4 is 5.73 Å². The van der Waals surface area contributed by atoms with Gasteiger partial charge >= 0.3 is 0 Å². The predicted octanol–water partition coefficient (Wildman–Crippen LogP) is 0.360. The van der Waals surface area contributed by atoms with Crippen molar-refractivity contribution in [3.63, 3.8) is 0 Å². The lowest BCUT2D eigenvalue weighted by molar-refractivity contribution is -0.136. The van der Waals surface area contributed by atoms with Crippen molar-refractivity contribution in [2.75, 3.05) is 13.7 Å². The third kappa shape index (κ3) is 2.69. The Morgan fingerprint density at radius 2 is 2.14 bits per heavy atom. The molecule has 14 heavy (non-hydrogen) atoms. The molecule has 1 atom stereocenters. The molecule has 1 fully saturated rings. The topological polar surface area (TPSA) is 55.6 Å². The Balaban J connectivity index is 2.54. The molecule has 0 aromatic rings. The number of ether oxygens (including phenoxy) is 1. The molecule has 0 spiro atoms. The SMILES string of the molecule is COCC(N)C(=O)N(C(C)C)C1CC1. The van der Waals surface area contributed by atoms with Crippen LogP contribution in [0.2, 0.25) is 0 Å². The lowest BCUT2D eigenvalue weighted by Gasteiger charge is -2.29. The van der Waals surface area contributed by atoms with Crippen molar-refractivity contribution in [1.29, 1.82) is 0 Å². The van der Waals surface area contributed by atoms with Crippen LogP contribution in [0.4, 0.5) is 0 Å². The predicted molar refractivity (Wildman–Crippen MR) is 54.9 cm³/mol. The summed E-state index contributed by atoms with van der Waals surface area (Å²) in [5, 5.41) is 0. The fraction of sp³-hybridized carbons (Fsp3) is 0.900. The lowest BCUT2D eigenvalue weighted by Crippen LogP contribution is -2.49. The molecule has 1 saturated carbocycles. The summed E-state index contributed by atoms with van der Waals surface area (Å²) in [6.07, 6.45) is 2.23. The second-order valence-electron chi connectivity index (χ2n) is 4.13. The Bertz CT molecular complexity index is 200. The van der Waals surface area contributed by atoms with Gasteiger partial charge in [0.2, 0.25) is 5.91 Å². The molecule has 1 aliphatic rings. The fourth-order valence-electron chi connectivity index (χ4n) is 1.65. The van der Waals surface area contributed by atoms with Crippen LogP contribution in [0, 0.1) is 0 Å². The molecule has 0 saturated heterocycles. The number of carbonyl (C=O) groups is 1. The van der Waals surface area contributed by atoms with E-state index >= 15 is 0 Å². The van der Waals surface area contributed by atoms with Gasteiger partial charge in [0, 0.05) is 19.2 Å². The Hall–Kier alpha value is -0.610. The first-order valence-electron chi connectivity index (χ1n) is 5.14. The molecule has 4 nitrogen and oxygen atoms in total. The number of carbonyl (C=O) groups excluding carboxylic acids is 1. The Morgan fingerprint density at radius 1 is 1.57 bits per heavy atom. The average Bonchev–Trinajstić information content (AvgIpc) is 2.88. The fourth-order valence-corrected chi connectivity index (χ4v) is 1.65. The summed E-state index contributed by atoms with van der Waals surface area (Å²) < 4.78 is 4.88. The normalized spacial score (nSPS) is 18.4. The minimum Gasteiger partial charge on any atom is -0.383 e. The Kier molecular flexibility index (Phi) is 3.89. The van der Waals surface area contributed by atoms with Gasteiger partial charge in [-0.3, -0.25) is 4.79 Å². The molecular weight excluding hydrogens is 180 g/mol. The van der Waals surface area contributed by atoms with E-state index in [-0.39, 0.29) is 11.9 Å². The van der Waals surface area contributed by atoms with Crippen LogP contribution >= 0.6 is 0 Å². The van der Waals surface area contributed by atoms with E-state index in [1.54, 1.807) is 7.11 Å². The molecule has 0 aromatic heterocycles. The molecule has 0 heterocycles. The summed E-state index contributed by atoms with van der Waals surface area (Å²) in [4.78, 5) is 13.8. The second-order valence-corrected chi connectivity index (χ2v) is 4.13. The first kappa shape index (κ1) is 11.5. The van der Waals surface area contributed by atoms with Crippen LogP contribution in [0.5, 0.6) is 0 Å². The zero-order valence-electron chi connectivity index (χ0n) is 9.19. The molecule has 0 aromatic carbocycles. The molecule has 1 unspecified atom stereocenters. The third-order valence-electron chi connectivity index (χ3n) is 2.41. The maximum Gasteiger partial charge on any atom is 0.242 e. The molecule has 4 heteroatoms. The quantitative estimate of drug-likeness (QED) is 0.697. The standard InChI is InChI=1S/C10H20N2O2/c1-7(2)12(8-4-5-8)10(13)9(11)6-14-3/h7-9H,4-6,11H2,1-3H3. The summed E-state index contributed by atoms with van der Waals surface area (Å²) in [7, 11) is 1.56. The minimum atomic E-state index is -0.511. The molecule has 2 N–H and O–H groups in total. The van der Waals surface area contributed by atoms with Crippen molar-refractivity contribution >= 4 is 5.91 Å². The average molecular weight is 200 g/mol. The number of methoxy groups -OCH3 is 1. The summed E-state index contributed by atoms with van der Waals surface area (Å²) in [5.41, 5.74) is 5.72. The highest BCUT2D eigenvalue weighted by Gasteiger charge is 2.36. The Morgan fingerprint density at radius 3 is 2.50 bits per heavy atom. The van der Waals surface area contributed by atoms with Crippen LogP contribution in [0.25, 0.3) is 0 Å². The Labute approximate surface area is 85.4 Å². The molecule has 1 rings (SSSR count). The summed E-state index contributed by atoms with van der Waals surface area (Å²) >= 11 is 0. The molecule has 1 aliphatic carbocycles. The number of amides is 1. The van der Waals surface area contributed by atoms with Gasteiger partial charge in [0.05, 0.1) is 6.61 Å². The zero-order valence-corrected chi connectivity index (χ0v) is 9.19. The number of rotatable bonds is 5. The number of hydrogen-bond donors (Lipinski definition) is 1. The van der Waals surface area contributed by atoms with Crippen molar-refractivity contribution < 1.29 is 9.53 Å². The summed E-state index contributed by atoms with van der Waals surface area (Å²) in [5.74, 6) is 0.0179. The van der Waals surface area contributed by atoms with E-state index in [1.165, 1.54) is 0 Å². The van der Waals surface area contributed by atoms with Crippen LogP contribution in [0.3, 0.4) is 0 Å². The maximum atomic E-state index is 11.9. The molecule has 0 bridgehead atoms. The first-order valence-corrected chi connectivity index (χ1v) is 5.14. The van der Waals surface area contributed by atoms with Crippen molar-refractivity contribution in [3.05, 3.63) is 0 Å². The van der Waals surface area contributed by atoms with Gasteiger partial charge in [-0.15, -0.1) is 0 Å². The van der Waals surface area contributed by atoms with E-state index in [1.807, 2.05) is 18.7 Å². The third-order valence-corrected chi connectivity index (χ3v) is 2.41. The number of nitrogens with two attached hydrogens (primary N) is 1. The van der Waals surface area contributed by atoms with E-state index in [0.29, 0.717) is 12.6 Å². The molecule has 82 valence electrons. The highest BCUT2D eigenvalue weighted by atomic mass is 16.5. The van der Waals surface area contributed by atoms with Crippen LogP contribution in [-0.2, 0) is 9.53 Å². The monoisotopic (exact) mass is 200 g/mol. The van der Waals surface area contributed by atoms with Crippen molar-refractivity contribution in [2.24, 2.45) is 5.73 Å². The van der Waals surface area contributed by atoms with E-state index < -0.39 is 6.04 Å². The van der Waals surface area contributed by atoms with E-state index in [2.05, 4.69) is 0 Å². The highest BCUT2D eigenvalue weighted by Crippen LogP contribution is 2.28. The summed E-state index contributed by atoms with van der Waals surface area (Å²) in [6, 6.07) is 0.145. The van der Waals surface area contributed by atoms with Gasteiger partial charge in [-0.05, 0) is 26.7 Å². The van der Waals surface area contributed by atoms with E-state index in [0.717, 1.165) is 12.8 Å². The van der Waals surface area contributed by atoms with Crippen LogP contribution in [0.1, 0.15) is 26.7 Å². The maximum absolute atomic E-state index is 11.9. The molecule has 0 aliphatic heterocycles. The van der Waals surface area contributed by atoms with Crippen molar-refractivity contribution in [1.82, 2.24) is 4.90 Å². The first-order chi connectivity index (χ1) is 6.57. The number of hydrogen-bond acceptors (Lipinski definition) is 3. The largest absolute Gasteiger partial charge is 0.383 e. The molecular formula is C10H20N2O2.